The van der Waals surface area contributed by atoms with E-state index in [1.54, 1.807) is 14.1 Å². The third kappa shape index (κ3) is 2.90. The number of hydrogen-bond acceptors (Lipinski definition) is 5. The standard InChI is InChI=1S/C21H21ClFN5O/c1-28(2)20(29)15-14(25)4-3-12(18(15)23)13-9-26-19-16(17(13)22)21(10-27-19)6-5-11(7-21)8-24/h3-4,9,11H,5-7,10,25H2,1-2H3,(H,26,27)/t11-,21-/m1/s1. The maximum atomic E-state index is 15.4. The molecule has 4 rings (SSSR count). The van der Waals surface area contributed by atoms with Gasteiger partial charge in [0.25, 0.3) is 5.91 Å². The topological polar surface area (TPSA) is 95.0 Å². The molecule has 1 fully saturated rings. The number of rotatable bonds is 2. The summed E-state index contributed by atoms with van der Waals surface area (Å²) in [4.78, 5) is 18.2. The van der Waals surface area contributed by atoms with Crippen LogP contribution < -0.4 is 11.1 Å². The number of hydrogen-bond donors (Lipinski definition) is 2. The van der Waals surface area contributed by atoms with E-state index in [1.807, 2.05) is 0 Å². The molecule has 2 aliphatic rings. The lowest BCUT2D eigenvalue weighted by Crippen LogP contribution is -2.25. The Balaban J connectivity index is 1.87. The summed E-state index contributed by atoms with van der Waals surface area (Å²) in [5, 5.41) is 13.0. The van der Waals surface area contributed by atoms with Crippen LogP contribution in [0.25, 0.3) is 11.1 Å². The van der Waals surface area contributed by atoms with Crippen LogP contribution in [0.5, 0.6) is 0 Å². The fourth-order valence-electron chi connectivity index (χ4n) is 4.50. The highest BCUT2D eigenvalue weighted by atomic mass is 35.5. The molecular formula is C21H21ClFN5O. The molecule has 0 radical (unpaired) electrons. The molecule has 1 aliphatic carbocycles. The zero-order valence-corrected chi connectivity index (χ0v) is 17.0. The Kier molecular flexibility index (Phi) is 4.62. The van der Waals surface area contributed by atoms with Gasteiger partial charge in [0, 0.05) is 60.5 Å². The average molecular weight is 414 g/mol. The van der Waals surface area contributed by atoms with Crippen molar-refractivity contribution in [2.24, 2.45) is 5.92 Å². The van der Waals surface area contributed by atoms with Gasteiger partial charge in [-0.05, 0) is 31.4 Å². The highest BCUT2D eigenvalue weighted by Crippen LogP contribution is 2.53. The summed E-state index contributed by atoms with van der Waals surface area (Å²) in [7, 11) is 3.08. The van der Waals surface area contributed by atoms with Crippen molar-refractivity contribution in [3.63, 3.8) is 0 Å². The fraction of sp³-hybridized carbons (Fsp3) is 0.381. The highest BCUT2D eigenvalue weighted by molar-refractivity contribution is 6.34. The zero-order valence-electron chi connectivity index (χ0n) is 16.2. The summed E-state index contributed by atoms with van der Waals surface area (Å²) in [5.41, 5.74) is 6.94. The third-order valence-corrected chi connectivity index (χ3v) is 6.41. The van der Waals surface area contributed by atoms with Crippen LogP contribution in [0.2, 0.25) is 5.02 Å². The summed E-state index contributed by atoms with van der Waals surface area (Å²) >= 11 is 6.80. The number of amides is 1. The molecular weight excluding hydrogens is 393 g/mol. The average Bonchev–Trinajstić information content (AvgIpc) is 3.27. The highest BCUT2D eigenvalue weighted by Gasteiger charge is 2.47. The first-order chi connectivity index (χ1) is 13.8. The van der Waals surface area contributed by atoms with Crippen LogP contribution in [-0.2, 0) is 5.41 Å². The van der Waals surface area contributed by atoms with Crippen LogP contribution in [0.1, 0.15) is 35.2 Å². The smallest absolute Gasteiger partial charge is 0.258 e. The number of pyridine rings is 1. The van der Waals surface area contributed by atoms with Crippen molar-refractivity contribution in [2.45, 2.75) is 24.7 Å². The molecule has 3 N–H and O–H groups in total. The number of carbonyl (C=O) groups is 1. The Bertz CT molecular complexity index is 1060. The molecule has 6 nitrogen and oxygen atoms in total. The quantitative estimate of drug-likeness (QED) is 0.730. The first-order valence-electron chi connectivity index (χ1n) is 9.41. The number of benzene rings is 1. The van der Waals surface area contributed by atoms with Crippen molar-refractivity contribution >= 4 is 29.0 Å². The number of nitriles is 1. The van der Waals surface area contributed by atoms with E-state index in [2.05, 4.69) is 16.4 Å². The van der Waals surface area contributed by atoms with Gasteiger partial charge in [0.2, 0.25) is 0 Å². The van der Waals surface area contributed by atoms with Crippen molar-refractivity contribution < 1.29 is 9.18 Å². The van der Waals surface area contributed by atoms with Gasteiger partial charge in [0.05, 0.1) is 16.7 Å². The number of nitrogens with two attached hydrogens (primary N) is 1. The molecule has 0 saturated heterocycles. The van der Waals surface area contributed by atoms with E-state index in [0.29, 0.717) is 29.4 Å². The molecule has 8 heteroatoms. The molecule has 2 heterocycles. The second kappa shape index (κ2) is 6.89. The number of anilines is 2. The first kappa shape index (κ1) is 19.5. The van der Waals surface area contributed by atoms with Gasteiger partial charge in [-0.3, -0.25) is 4.79 Å². The Morgan fingerprint density at radius 1 is 1.45 bits per heavy atom. The van der Waals surface area contributed by atoms with Gasteiger partial charge in [0.15, 0.2) is 0 Å². The van der Waals surface area contributed by atoms with Gasteiger partial charge < -0.3 is 16.0 Å². The minimum atomic E-state index is -0.714. The van der Waals surface area contributed by atoms with Crippen LogP contribution in [0.15, 0.2) is 18.3 Å². The molecule has 1 amide bonds. The zero-order chi connectivity index (χ0) is 20.9. The van der Waals surface area contributed by atoms with E-state index in [4.69, 9.17) is 17.3 Å². The number of nitrogens with zero attached hydrogens (tertiary/aromatic N) is 3. The molecule has 0 unspecified atom stereocenters. The number of carbonyl (C=O) groups excluding carboxylic acids is 1. The summed E-state index contributed by atoms with van der Waals surface area (Å²) in [6.45, 7) is 0.658. The lowest BCUT2D eigenvalue weighted by Gasteiger charge is -2.24. The van der Waals surface area contributed by atoms with Crippen molar-refractivity contribution in [3.8, 4) is 17.2 Å². The number of fused-ring (bicyclic) bond motifs is 2. The lowest BCUT2D eigenvalue weighted by atomic mass is 9.80. The largest absolute Gasteiger partial charge is 0.398 e. The lowest BCUT2D eigenvalue weighted by molar-refractivity contribution is 0.0824. The van der Waals surface area contributed by atoms with Crippen LogP contribution in [0.4, 0.5) is 15.9 Å². The van der Waals surface area contributed by atoms with Gasteiger partial charge in [-0.15, -0.1) is 0 Å². The van der Waals surface area contributed by atoms with Gasteiger partial charge in [-0.25, -0.2) is 9.37 Å². The molecule has 2 atom stereocenters. The Morgan fingerprint density at radius 2 is 2.21 bits per heavy atom. The first-order valence-corrected chi connectivity index (χ1v) is 9.79. The maximum absolute atomic E-state index is 15.4. The van der Waals surface area contributed by atoms with Crippen LogP contribution in [0.3, 0.4) is 0 Å². The summed E-state index contributed by atoms with van der Waals surface area (Å²) in [5.74, 6) is -0.579. The van der Waals surface area contributed by atoms with Crippen LogP contribution in [0, 0.1) is 23.1 Å². The fourth-order valence-corrected chi connectivity index (χ4v) is 4.94. The molecule has 1 spiro atoms. The Morgan fingerprint density at radius 3 is 2.86 bits per heavy atom. The van der Waals surface area contributed by atoms with Gasteiger partial charge in [-0.2, -0.15) is 5.26 Å². The van der Waals surface area contributed by atoms with Crippen LogP contribution >= 0.6 is 11.6 Å². The normalized spacial score (nSPS) is 22.2. The number of aromatic nitrogens is 1. The summed E-state index contributed by atoms with van der Waals surface area (Å²) < 4.78 is 15.4. The van der Waals surface area contributed by atoms with Crippen molar-refractivity contribution in [2.75, 3.05) is 31.7 Å². The van der Waals surface area contributed by atoms with Crippen molar-refractivity contribution in [3.05, 3.63) is 40.3 Å². The molecule has 0 bridgehead atoms. The monoisotopic (exact) mass is 413 g/mol. The van der Waals surface area contributed by atoms with E-state index in [9.17, 15) is 10.1 Å². The second-order valence-electron chi connectivity index (χ2n) is 8.00. The number of nitrogen functional groups attached to an aromatic ring is 1. The molecule has 150 valence electrons. The minimum Gasteiger partial charge on any atom is -0.398 e. The molecule has 1 aromatic heterocycles. The molecule has 1 aromatic carbocycles. The van der Waals surface area contributed by atoms with E-state index >= 15 is 4.39 Å². The summed E-state index contributed by atoms with van der Waals surface area (Å²) in [6.07, 6.45) is 3.84. The molecule has 1 saturated carbocycles. The molecule has 1 aliphatic heterocycles. The SMILES string of the molecule is CN(C)C(=O)c1c(N)ccc(-c2cnc3c(c2Cl)[C@@]2(CC[C@@H](C#N)C2)CN3)c1F. The van der Waals surface area contributed by atoms with E-state index in [0.717, 1.165) is 18.4 Å². The van der Waals surface area contributed by atoms with E-state index in [-0.39, 0.29) is 28.1 Å². The van der Waals surface area contributed by atoms with Gasteiger partial charge in [-0.1, -0.05) is 11.6 Å². The number of nitrogens with one attached hydrogen (secondary N) is 1. The number of halogens is 2. The van der Waals surface area contributed by atoms with Crippen molar-refractivity contribution in [1.29, 1.82) is 5.26 Å². The van der Waals surface area contributed by atoms with Crippen LogP contribution in [-0.4, -0.2) is 36.4 Å². The Labute approximate surface area is 173 Å². The van der Waals surface area contributed by atoms with Gasteiger partial charge in [0.1, 0.15) is 11.6 Å². The Hall–Kier alpha value is -2.85. The second-order valence-corrected chi connectivity index (χ2v) is 8.38. The predicted molar refractivity (Wildman–Crippen MR) is 110 cm³/mol. The molecule has 2 aromatic rings. The maximum Gasteiger partial charge on any atom is 0.258 e. The van der Waals surface area contributed by atoms with Crippen molar-refractivity contribution in [1.82, 2.24) is 9.88 Å². The van der Waals surface area contributed by atoms with E-state index in [1.165, 1.54) is 23.2 Å². The predicted octanol–water partition coefficient (Wildman–Crippen LogP) is 3.81. The third-order valence-electron chi connectivity index (χ3n) is 6.02. The summed E-state index contributed by atoms with van der Waals surface area (Å²) in [6, 6.07) is 5.38. The molecule has 29 heavy (non-hydrogen) atoms. The van der Waals surface area contributed by atoms with Gasteiger partial charge >= 0.3 is 0 Å². The van der Waals surface area contributed by atoms with E-state index < -0.39 is 11.7 Å². The minimum absolute atomic E-state index is 0.0277.